The van der Waals surface area contributed by atoms with Gasteiger partial charge in [0.25, 0.3) is 0 Å². The molecule has 1 saturated carbocycles. The van der Waals surface area contributed by atoms with Gasteiger partial charge in [0.15, 0.2) is 0 Å². The van der Waals surface area contributed by atoms with Crippen molar-refractivity contribution in [2.75, 3.05) is 13.1 Å². The van der Waals surface area contributed by atoms with Crippen LogP contribution in [0.15, 0.2) is 18.5 Å². The maximum atomic E-state index is 10.4. The zero-order chi connectivity index (χ0) is 12.1. The lowest BCUT2D eigenvalue weighted by molar-refractivity contribution is -0.0117. The minimum atomic E-state index is -0.484. The molecular formula is C13H23N3O. The van der Waals surface area contributed by atoms with E-state index in [9.17, 15) is 5.11 Å². The normalized spacial score (nSPS) is 29.4. The summed E-state index contributed by atoms with van der Waals surface area (Å²) in [6, 6.07) is 1.93. The highest BCUT2D eigenvalue weighted by atomic mass is 16.3. The fourth-order valence-corrected chi connectivity index (χ4v) is 2.74. The molecule has 0 amide bonds. The van der Waals surface area contributed by atoms with E-state index in [1.165, 1.54) is 6.42 Å². The molecule has 0 aromatic carbocycles. The molecule has 0 aliphatic heterocycles. The lowest BCUT2D eigenvalue weighted by atomic mass is 9.79. The molecule has 2 unspecified atom stereocenters. The maximum Gasteiger partial charge on any atom is 0.0774 e. The van der Waals surface area contributed by atoms with E-state index in [1.807, 2.05) is 16.9 Å². The van der Waals surface area contributed by atoms with Gasteiger partial charge in [-0.15, -0.1) is 0 Å². The van der Waals surface area contributed by atoms with Gasteiger partial charge in [0.05, 0.1) is 12.1 Å². The molecular weight excluding hydrogens is 214 g/mol. The Bertz CT molecular complexity index is 325. The van der Waals surface area contributed by atoms with Crippen LogP contribution in [-0.4, -0.2) is 33.6 Å². The molecule has 2 rings (SSSR count). The number of aromatic nitrogens is 2. The summed E-state index contributed by atoms with van der Waals surface area (Å²) in [5.74, 6) is 0.654. The van der Waals surface area contributed by atoms with Gasteiger partial charge in [-0.2, -0.15) is 5.10 Å². The van der Waals surface area contributed by atoms with Gasteiger partial charge < -0.3 is 10.4 Å². The predicted molar refractivity (Wildman–Crippen MR) is 67.7 cm³/mol. The molecule has 17 heavy (non-hydrogen) atoms. The summed E-state index contributed by atoms with van der Waals surface area (Å²) >= 11 is 0. The summed E-state index contributed by atoms with van der Waals surface area (Å²) in [6.45, 7) is 4.66. The Morgan fingerprint density at radius 2 is 2.47 bits per heavy atom. The van der Waals surface area contributed by atoms with Crippen molar-refractivity contribution in [2.24, 2.45) is 5.92 Å². The smallest absolute Gasteiger partial charge is 0.0774 e. The Kier molecular flexibility index (Phi) is 4.18. The highest BCUT2D eigenvalue weighted by Crippen LogP contribution is 2.31. The van der Waals surface area contributed by atoms with Crippen molar-refractivity contribution in [3.05, 3.63) is 18.5 Å². The van der Waals surface area contributed by atoms with Crippen molar-refractivity contribution < 1.29 is 5.11 Å². The molecule has 0 saturated heterocycles. The van der Waals surface area contributed by atoms with Crippen molar-refractivity contribution in [1.82, 2.24) is 15.1 Å². The van der Waals surface area contributed by atoms with Crippen molar-refractivity contribution in [1.29, 1.82) is 0 Å². The predicted octanol–water partition coefficient (Wildman–Crippen LogP) is 1.41. The first-order valence-corrected chi connectivity index (χ1v) is 6.58. The maximum absolute atomic E-state index is 10.4. The summed E-state index contributed by atoms with van der Waals surface area (Å²) in [5.41, 5.74) is -0.484. The fraction of sp³-hybridized carbons (Fsp3) is 0.769. The summed E-state index contributed by atoms with van der Waals surface area (Å²) < 4.78 is 1.90. The second-order valence-electron chi connectivity index (χ2n) is 5.37. The van der Waals surface area contributed by atoms with E-state index < -0.39 is 5.60 Å². The monoisotopic (exact) mass is 237 g/mol. The molecule has 1 aliphatic rings. The molecule has 4 nitrogen and oxygen atoms in total. The molecule has 0 radical (unpaired) electrons. The molecule has 1 aromatic rings. The van der Waals surface area contributed by atoms with Crippen LogP contribution < -0.4 is 5.32 Å². The minimum Gasteiger partial charge on any atom is -0.389 e. The van der Waals surface area contributed by atoms with Gasteiger partial charge in [0, 0.05) is 25.5 Å². The van der Waals surface area contributed by atoms with Gasteiger partial charge in [-0.25, -0.2) is 0 Å². The first kappa shape index (κ1) is 12.6. The van der Waals surface area contributed by atoms with Crippen LogP contribution in [0.5, 0.6) is 0 Å². The Balaban J connectivity index is 1.67. The Morgan fingerprint density at radius 1 is 1.59 bits per heavy atom. The number of nitrogens with zero attached hydrogens (tertiary/aromatic N) is 2. The van der Waals surface area contributed by atoms with E-state index >= 15 is 0 Å². The molecule has 96 valence electrons. The number of hydrogen-bond donors (Lipinski definition) is 2. The van der Waals surface area contributed by atoms with Crippen LogP contribution in [0, 0.1) is 5.92 Å². The summed E-state index contributed by atoms with van der Waals surface area (Å²) in [7, 11) is 0. The number of aliphatic hydroxyl groups is 1. The quantitative estimate of drug-likeness (QED) is 0.761. The van der Waals surface area contributed by atoms with Gasteiger partial charge in [0.2, 0.25) is 0 Å². The standard InChI is InChI=1S/C13H23N3O/c1-12-4-2-5-13(17,10-12)11-14-7-9-16-8-3-6-15-16/h3,6,8,12,14,17H,2,4-5,7,9-11H2,1H3. The molecule has 1 aliphatic carbocycles. The largest absolute Gasteiger partial charge is 0.389 e. The average Bonchev–Trinajstić information content (AvgIpc) is 2.77. The number of nitrogens with one attached hydrogen (secondary N) is 1. The summed E-state index contributed by atoms with van der Waals surface area (Å²) in [5, 5.41) is 17.9. The van der Waals surface area contributed by atoms with Crippen LogP contribution in [0.1, 0.15) is 32.6 Å². The van der Waals surface area contributed by atoms with E-state index in [0.717, 1.165) is 32.4 Å². The van der Waals surface area contributed by atoms with Crippen LogP contribution in [0.2, 0.25) is 0 Å². The molecule has 1 aromatic heterocycles. The number of rotatable bonds is 5. The van der Waals surface area contributed by atoms with Gasteiger partial charge in [-0.05, 0) is 24.8 Å². The zero-order valence-electron chi connectivity index (χ0n) is 10.6. The van der Waals surface area contributed by atoms with Gasteiger partial charge in [0.1, 0.15) is 0 Å². The molecule has 2 atom stereocenters. The van der Waals surface area contributed by atoms with E-state index in [2.05, 4.69) is 17.3 Å². The molecule has 1 heterocycles. The van der Waals surface area contributed by atoms with Gasteiger partial charge in [-0.1, -0.05) is 19.8 Å². The number of hydrogen-bond acceptors (Lipinski definition) is 3. The Labute approximate surface area is 103 Å². The van der Waals surface area contributed by atoms with Crippen molar-refractivity contribution in [2.45, 2.75) is 44.8 Å². The summed E-state index contributed by atoms with van der Waals surface area (Å²) in [6.07, 6.45) is 8.03. The van der Waals surface area contributed by atoms with Crippen molar-refractivity contribution in [3.8, 4) is 0 Å². The lowest BCUT2D eigenvalue weighted by Gasteiger charge is -2.35. The second-order valence-corrected chi connectivity index (χ2v) is 5.37. The fourth-order valence-electron chi connectivity index (χ4n) is 2.74. The first-order chi connectivity index (χ1) is 8.18. The molecule has 1 fully saturated rings. The highest BCUT2D eigenvalue weighted by molar-refractivity contribution is 4.87. The van der Waals surface area contributed by atoms with Crippen LogP contribution in [0.25, 0.3) is 0 Å². The van der Waals surface area contributed by atoms with Gasteiger partial charge in [-0.3, -0.25) is 4.68 Å². The zero-order valence-corrected chi connectivity index (χ0v) is 10.6. The summed E-state index contributed by atoms with van der Waals surface area (Å²) in [4.78, 5) is 0. The first-order valence-electron chi connectivity index (χ1n) is 6.58. The average molecular weight is 237 g/mol. The Morgan fingerprint density at radius 3 is 3.18 bits per heavy atom. The van der Waals surface area contributed by atoms with E-state index in [4.69, 9.17) is 0 Å². The van der Waals surface area contributed by atoms with Crippen molar-refractivity contribution in [3.63, 3.8) is 0 Å². The third kappa shape index (κ3) is 3.82. The van der Waals surface area contributed by atoms with Crippen LogP contribution >= 0.6 is 0 Å². The molecule has 2 N–H and O–H groups in total. The molecule has 4 heteroatoms. The van der Waals surface area contributed by atoms with Gasteiger partial charge >= 0.3 is 0 Å². The SMILES string of the molecule is CC1CCCC(O)(CNCCn2cccn2)C1. The molecule has 0 spiro atoms. The third-order valence-electron chi connectivity index (χ3n) is 3.60. The second kappa shape index (κ2) is 5.65. The van der Waals surface area contributed by atoms with Crippen LogP contribution in [0.4, 0.5) is 0 Å². The third-order valence-corrected chi connectivity index (χ3v) is 3.60. The van der Waals surface area contributed by atoms with E-state index in [0.29, 0.717) is 12.5 Å². The molecule has 0 bridgehead atoms. The van der Waals surface area contributed by atoms with Crippen molar-refractivity contribution >= 4 is 0 Å². The van der Waals surface area contributed by atoms with E-state index in [-0.39, 0.29) is 0 Å². The highest BCUT2D eigenvalue weighted by Gasteiger charge is 2.31. The Hall–Kier alpha value is -0.870. The lowest BCUT2D eigenvalue weighted by Crippen LogP contribution is -2.44. The van der Waals surface area contributed by atoms with E-state index in [1.54, 1.807) is 6.20 Å². The van der Waals surface area contributed by atoms with Crippen LogP contribution in [-0.2, 0) is 6.54 Å². The minimum absolute atomic E-state index is 0.484. The topological polar surface area (TPSA) is 50.1 Å². The van der Waals surface area contributed by atoms with Crippen LogP contribution in [0.3, 0.4) is 0 Å².